The van der Waals surface area contributed by atoms with E-state index in [2.05, 4.69) is 0 Å². The normalized spacial score (nSPS) is 12.8. The maximum atomic E-state index is 10.7. The molecule has 6 nitrogen and oxygen atoms in total. The van der Waals surface area contributed by atoms with E-state index in [1.165, 1.54) is 154 Å². The molecule has 0 spiro atoms. The first-order valence-electron chi connectivity index (χ1n) is 21.3. The Hall–Kier alpha value is -1.14. The highest BCUT2D eigenvalue weighted by Crippen LogP contribution is 2.18. The van der Waals surface area contributed by atoms with E-state index in [9.17, 15) is 19.8 Å². The molecule has 0 saturated heterocycles. The Morgan fingerprint density at radius 2 is 0.438 bits per heavy atom. The Labute approximate surface area is 298 Å². The van der Waals surface area contributed by atoms with Crippen molar-refractivity contribution in [1.29, 1.82) is 0 Å². The van der Waals surface area contributed by atoms with Crippen molar-refractivity contribution >= 4 is 11.8 Å². The average Bonchev–Trinajstić information content (AvgIpc) is 3.05. The maximum Gasteiger partial charge on any atom is 0.217 e. The molecule has 6 heteroatoms. The second-order valence-electron chi connectivity index (χ2n) is 15.2. The molecule has 2 amide bonds. The first kappa shape index (κ1) is 46.9. The molecular weight excluding hydrogens is 596 g/mol. The van der Waals surface area contributed by atoms with Crippen molar-refractivity contribution in [2.24, 2.45) is 11.5 Å². The van der Waals surface area contributed by atoms with Crippen LogP contribution in [0.3, 0.4) is 0 Å². The van der Waals surface area contributed by atoms with Crippen LogP contribution in [0.15, 0.2) is 0 Å². The van der Waals surface area contributed by atoms with Gasteiger partial charge in [0.1, 0.15) is 0 Å². The van der Waals surface area contributed by atoms with E-state index in [-0.39, 0.29) is 24.0 Å². The van der Waals surface area contributed by atoms with Crippen LogP contribution in [0.5, 0.6) is 0 Å². The summed E-state index contributed by atoms with van der Waals surface area (Å²) >= 11 is 0. The Morgan fingerprint density at radius 1 is 0.292 bits per heavy atom. The van der Waals surface area contributed by atoms with E-state index in [1.54, 1.807) is 0 Å². The van der Waals surface area contributed by atoms with Gasteiger partial charge in [-0.05, 0) is 38.5 Å². The van der Waals surface area contributed by atoms with Crippen LogP contribution in [-0.2, 0) is 9.59 Å². The number of nitrogens with two attached hydrogens (primary N) is 2. The zero-order valence-corrected chi connectivity index (χ0v) is 31.9. The molecule has 0 rings (SSSR count). The number of aliphatic hydroxyl groups is 2. The number of carbonyl (C=O) groups is 2. The third kappa shape index (κ3) is 41.0. The van der Waals surface area contributed by atoms with Crippen LogP contribution >= 0.6 is 0 Å². The highest BCUT2D eigenvalue weighted by atomic mass is 16.3. The maximum absolute atomic E-state index is 10.7. The molecule has 0 aromatic heterocycles. The van der Waals surface area contributed by atoms with Crippen molar-refractivity contribution in [3.05, 3.63) is 0 Å². The van der Waals surface area contributed by atoms with Gasteiger partial charge in [-0.3, -0.25) is 9.59 Å². The molecule has 48 heavy (non-hydrogen) atoms. The summed E-state index contributed by atoms with van der Waals surface area (Å²) in [7, 11) is 0. The smallest absolute Gasteiger partial charge is 0.217 e. The van der Waals surface area contributed by atoms with Gasteiger partial charge in [-0.15, -0.1) is 0 Å². The molecule has 0 aromatic rings. The number of carbonyl (C=O) groups excluding carboxylic acids is 2. The molecule has 2 atom stereocenters. The Balaban J connectivity index is 3.25. The van der Waals surface area contributed by atoms with Gasteiger partial charge in [0.15, 0.2) is 0 Å². The molecule has 0 radical (unpaired) electrons. The van der Waals surface area contributed by atoms with Crippen molar-refractivity contribution in [1.82, 2.24) is 0 Å². The van der Waals surface area contributed by atoms with E-state index in [0.29, 0.717) is 12.8 Å². The molecule has 286 valence electrons. The summed E-state index contributed by atoms with van der Waals surface area (Å²) in [6.45, 7) is 0. The van der Waals surface area contributed by atoms with Gasteiger partial charge in [-0.25, -0.2) is 0 Å². The fourth-order valence-corrected chi connectivity index (χ4v) is 7.00. The molecular formula is C42H84N2O4. The number of rotatable bonds is 41. The summed E-state index contributed by atoms with van der Waals surface area (Å²) < 4.78 is 0. The van der Waals surface area contributed by atoms with E-state index in [0.717, 1.165) is 77.0 Å². The zero-order chi connectivity index (χ0) is 35.2. The Kier molecular flexibility index (Phi) is 37.7. The highest BCUT2D eigenvalue weighted by molar-refractivity contribution is 5.73. The van der Waals surface area contributed by atoms with E-state index in [4.69, 9.17) is 11.5 Å². The molecule has 0 aliphatic carbocycles. The number of unbranched alkanes of at least 4 members (excludes halogenated alkanes) is 29. The molecule has 0 fully saturated rings. The first-order chi connectivity index (χ1) is 23.4. The molecule has 2 unspecified atom stereocenters. The number of aliphatic hydroxyl groups excluding tert-OH is 2. The van der Waals surface area contributed by atoms with Crippen LogP contribution in [0.2, 0.25) is 0 Å². The molecule has 0 saturated carbocycles. The van der Waals surface area contributed by atoms with Gasteiger partial charge in [0, 0.05) is 12.8 Å². The summed E-state index contributed by atoms with van der Waals surface area (Å²) in [5.41, 5.74) is 10.3. The van der Waals surface area contributed by atoms with Crippen LogP contribution in [0.25, 0.3) is 0 Å². The lowest BCUT2D eigenvalue weighted by Crippen LogP contribution is -2.09. The van der Waals surface area contributed by atoms with Crippen molar-refractivity contribution in [2.45, 2.75) is 256 Å². The number of primary amides is 2. The van der Waals surface area contributed by atoms with Gasteiger partial charge < -0.3 is 21.7 Å². The van der Waals surface area contributed by atoms with Gasteiger partial charge in [0.05, 0.1) is 12.2 Å². The molecule has 0 aromatic carbocycles. The number of hydrogen-bond acceptors (Lipinski definition) is 4. The molecule has 0 bridgehead atoms. The lowest BCUT2D eigenvalue weighted by atomic mass is 10.00. The third-order valence-electron chi connectivity index (χ3n) is 10.2. The van der Waals surface area contributed by atoms with Crippen molar-refractivity contribution in [2.75, 3.05) is 0 Å². The van der Waals surface area contributed by atoms with Gasteiger partial charge in [-0.2, -0.15) is 0 Å². The summed E-state index contributed by atoms with van der Waals surface area (Å²) in [6.07, 6.45) is 44.9. The second-order valence-corrected chi connectivity index (χ2v) is 15.2. The zero-order valence-electron chi connectivity index (χ0n) is 31.9. The third-order valence-corrected chi connectivity index (χ3v) is 10.2. The van der Waals surface area contributed by atoms with Crippen LogP contribution in [0, 0.1) is 0 Å². The fourth-order valence-electron chi connectivity index (χ4n) is 7.00. The van der Waals surface area contributed by atoms with Crippen molar-refractivity contribution < 1.29 is 19.8 Å². The van der Waals surface area contributed by atoms with Crippen molar-refractivity contribution in [3.8, 4) is 0 Å². The molecule has 6 N–H and O–H groups in total. The highest BCUT2D eigenvalue weighted by Gasteiger charge is 2.06. The largest absolute Gasteiger partial charge is 0.393 e. The van der Waals surface area contributed by atoms with Crippen LogP contribution < -0.4 is 11.5 Å². The first-order valence-corrected chi connectivity index (χ1v) is 21.3. The van der Waals surface area contributed by atoms with Gasteiger partial charge >= 0.3 is 0 Å². The van der Waals surface area contributed by atoms with Crippen LogP contribution in [-0.4, -0.2) is 34.2 Å². The second kappa shape index (κ2) is 38.7. The standard InChI is InChI=1S/C42H84N2O4/c43-41(47)37-31-23-19-15-11-7-3-1-5-9-13-17-21-27-33-39(45)35-29-25-26-30-36-40(46)34-28-22-18-14-10-6-2-4-8-12-16-20-24-32-38-42(44)48/h39-40,45-46H,1-38H2,(H2,43,47)(H2,44,48). The van der Waals surface area contributed by atoms with E-state index < -0.39 is 0 Å². The predicted molar refractivity (Wildman–Crippen MR) is 206 cm³/mol. The topological polar surface area (TPSA) is 127 Å². The van der Waals surface area contributed by atoms with E-state index >= 15 is 0 Å². The van der Waals surface area contributed by atoms with Crippen LogP contribution in [0.4, 0.5) is 0 Å². The average molecular weight is 681 g/mol. The minimum Gasteiger partial charge on any atom is -0.393 e. The monoisotopic (exact) mass is 681 g/mol. The SMILES string of the molecule is NC(=O)CCCCCCCCCCCCCCCCC(O)CCCCCCC(O)CCCCCCCCCCCCCCCCC(N)=O. The molecule has 0 heterocycles. The Morgan fingerprint density at radius 3 is 0.604 bits per heavy atom. The predicted octanol–water partition coefficient (Wildman–Crippen LogP) is 11.5. The van der Waals surface area contributed by atoms with Crippen LogP contribution in [0.1, 0.15) is 244 Å². The molecule has 0 aliphatic heterocycles. The van der Waals surface area contributed by atoms with E-state index in [1.807, 2.05) is 0 Å². The summed E-state index contributed by atoms with van der Waals surface area (Å²) in [4.78, 5) is 21.4. The Bertz CT molecular complexity index is 618. The summed E-state index contributed by atoms with van der Waals surface area (Å²) in [5, 5.41) is 20.7. The fraction of sp³-hybridized carbons (Fsp3) is 0.952. The summed E-state index contributed by atoms with van der Waals surface area (Å²) in [5.74, 6) is -0.337. The van der Waals surface area contributed by atoms with Gasteiger partial charge in [0.2, 0.25) is 11.8 Å². The lowest BCUT2D eigenvalue weighted by molar-refractivity contribution is -0.119. The minimum atomic E-state index is -0.168. The molecule has 0 aliphatic rings. The number of hydrogen-bond donors (Lipinski definition) is 4. The van der Waals surface area contributed by atoms with Crippen molar-refractivity contribution in [3.63, 3.8) is 0 Å². The minimum absolute atomic E-state index is 0.124. The quantitative estimate of drug-likeness (QED) is 0.0479. The summed E-state index contributed by atoms with van der Waals surface area (Å²) in [6, 6.07) is 0. The van der Waals surface area contributed by atoms with Gasteiger partial charge in [-0.1, -0.05) is 193 Å². The number of amides is 2. The lowest BCUT2D eigenvalue weighted by Gasteiger charge is -2.12. The van der Waals surface area contributed by atoms with Gasteiger partial charge in [0.25, 0.3) is 0 Å².